The Balaban J connectivity index is 2.64. The highest BCUT2D eigenvalue weighted by atomic mass is 35.5. The summed E-state index contributed by atoms with van der Waals surface area (Å²) in [6.45, 7) is 4.37. The van der Waals surface area contributed by atoms with Crippen molar-refractivity contribution >= 4 is 11.6 Å². The first kappa shape index (κ1) is 10.6. The van der Waals surface area contributed by atoms with E-state index in [4.69, 9.17) is 11.6 Å². The van der Waals surface area contributed by atoms with Crippen molar-refractivity contribution in [3.63, 3.8) is 0 Å². The van der Waals surface area contributed by atoms with Crippen LogP contribution in [-0.2, 0) is 6.42 Å². The monoisotopic (exact) mass is 196 g/mol. The van der Waals surface area contributed by atoms with Crippen LogP contribution in [0.1, 0.15) is 29.5 Å². The van der Waals surface area contributed by atoms with E-state index in [-0.39, 0.29) is 0 Å². The molecule has 0 nitrogen and oxygen atoms in total. The summed E-state index contributed by atoms with van der Waals surface area (Å²) < 4.78 is 0. The van der Waals surface area contributed by atoms with Crippen molar-refractivity contribution in [1.82, 2.24) is 0 Å². The van der Waals surface area contributed by atoms with Crippen LogP contribution in [-0.4, -0.2) is 5.88 Å². The highest BCUT2D eigenvalue weighted by Gasteiger charge is 2.00. The Bertz CT molecular complexity index is 246. The molecule has 0 saturated heterocycles. The molecule has 1 aromatic carbocycles. The van der Waals surface area contributed by atoms with Crippen LogP contribution in [0.4, 0.5) is 0 Å². The van der Waals surface area contributed by atoms with Crippen molar-refractivity contribution in [1.29, 1.82) is 0 Å². The number of rotatable bonds is 4. The molecule has 0 saturated carbocycles. The summed E-state index contributed by atoms with van der Waals surface area (Å²) in [6, 6.07) is 6.49. The van der Waals surface area contributed by atoms with Gasteiger partial charge in [0.2, 0.25) is 0 Å². The van der Waals surface area contributed by atoms with Gasteiger partial charge in [0.25, 0.3) is 0 Å². The molecule has 0 aromatic heterocycles. The zero-order chi connectivity index (χ0) is 9.68. The molecule has 1 heteroatoms. The van der Waals surface area contributed by atoms with E-state index in [1.165, 1.54) is 29.5 Å². The van der Waals surface area contributed by atoms with Crippen LogP contribution in [0.5, 0.6) is 0 Å². The maximum Gasteiger partial charge on any atom is 0.0223 e. The lowest BCUT2D eigenvalue weighted by Gasteiger charge is -2.08. The fourth-order valence-electron chi connectivity index (χ4n) is 1.64. The third-order valence-electron chi connectivity index (χ3n) is 2.45. The summed E-state index contributed by atoms with van der Waals surface area (Å²) in [5.41, 5.74) is 4.33. The van der Waals surface area contributed by atoms with Crippen LogP contribution < -0.4 is 0 Å². The Morgan fingerprint density at radius 3 is 2.23 bits per heavy atom. The number of hydrogen-bond donors (Lipinski definition) is 0. The average molecular weight is 197 g/mol. The number of alkyl halides is 1. The predicted molar refractivity (Wildman–Crippen MR) is 59.6 cm³/mol. The van der Waals surface area contributed by atoms with Gasteiger partial charge in [0.1, 0.15) is 0 Å². The molecule has 0 heterocycles. The molecule has 0 aliphatic carbocycles. The molecule has 0 radical (unpaired) electrons. The van der Waals surface area contributed by atoms with Crippen molar-refractivity contribution in [3.8, 4) is 0 Å². The first-order chi connectivity index (χ1) is 6.25. The maximum absolute atomic E-state index is 5.65. The molecule has 1 aromatic rings. The Labute approximate surface area is 85.9 Å². The van der Waals surface area contributed by atoms with Gasteiger partial charge in [0, 0.05) is 5.88 Å². The van der Waals surface area contributed by atoms with Crippen LogP contribution in [0.3, 0.4) is 0 Å². The first-order valence-corrected chi connectivity index (χ1v) is 5.40. The lowest BCUT2D eigenvalue weighted by Crippen LogP contribution is -1.93. The number of aryl methyl sites for hydroxylation is 2. The number of halogens is 1. The van der Waals surface area contributed by atoms with Gasteiger partial charge in [-0.2, -0.15) is 0 Å². The smallest absolute Gasteiger partial charge is 0.0223 e. The molecule has 0 fully saturated rings. The van der Waals surface area contributed by atoms with Crippen molar-refractivity contribution < 1.29 is 0 Å². The molecule has 13 heavy (non-hydrogen) atoms. The topological polar surface area (TPSA) is 0 Å². The quantitative estimate of drug-likeness (QED) is 0.507. The standard InChI is InChI=1S/C12H17Cl/c1-10-6-5-7-11(2)12(10)8-3-4-9-13/h5-7H,3-4,8-9H2,1-2H3. The highest BCUT2D eigenvalue weighted by Crippen LogP contribution is 2.15. The summed E-state index contributed by atoms with van der Waals surface area (Å²) in [5.74, 6) is 0.783. The second-order valence-corrected chi connectivity index (χ2v) is 3.89. The minimum atomic E-state index is 0.783. The summed E-state index contributed by atoms with van der Waals surface area (Å²) >= 11 is 5.65. The second kappa shape index (κ2) is 5.29. The van der Waals surface area contributed by atoms with E-state index >= 15 is 0 Å². The summed E-state index contributed by atoms with van der Waals surface area (Å²) in [7, 11) is 0. The molecule has 0 spiro atoms. The predicted octanol–water partition coefficient (Wildman–Crippen LogP) is 3.86. The van der Waals surface area contributed by atoms with Gasteiger partial charge in [-0.15, -0.1) is 11.6 Å². The van der Waals surface area contributed by atoms with Gasteiger partial charge in [0.05, 0.1) is 0 Å². The van der Waals surface area contributed by atoms with Crippen LogP contribution in [0.15, 0.2) is 18.2 Å². The molecule has 1 rings (SSSR count). The molecular weight excluding hydrogens is 180 g/mol. The van der Waals surface area contributed by atoms with Gasteiger partial charge in [-0.25, -0.2) is 0 Å². The van der Waals surface area contributed by atoms with Crippen molar-refractivity contribution in [3.05, 3.63) is 34.9 Å². The summed E-state index contributed by atoms with van der Waals surface area (Å²) in [4.78, 5) is 0. The Morgan fingerprint density at radius 1 is 1.08 bits per heavy atom. The number of benzene rings is 1. The third-order valence-corrected chi connectivity index (χ3v) is 2.72. The molecule has 72 valence electrons. The SMILES string of the molecule is Cc1cccc(C)c1CCCCCl. The molecule has 0 atom stereocenters. The molecule has 0 unspecified atom stereocenters. The van der Waals surface area contributed by atoms with E-state index in [0.717, 1.165) is 12.3 Å². The van der Waals surface area contributed by atoms with Crippen molar-refractivity contribution in [2.75, 3.05) is 5.88 Å². The summed E-state index contributed by atoms with van der Waals surface area (Å²) in [5, 5.41) is 0. The van der Waals surface area contributed by atoms with Gasteiger partial charge in [-0.1, -0.05) is 18.2 Å². The van der Waals surface area contributed by atoms with Gasteiger partial charge in [-0.05, 0) is 49.8 Å². The summed E-state index contributed by atoms with van der Waals surface area (Å²) in [6.07, 6.45) is 3.50. The Kier molecular flexibility index (Phi) is 4.31. The first-order valence-electron chi connectivity index (χ1n) is 4.86. The Hall–Kier alpha value is -0.490. The van der Waals surface area contributed by atoms with E-state index < -0.39 is 0 Å². The van der Waals surface area contributed by atoms with Gasteiger partial charge in [0.15, 0.2) is 0 Å². The van der Waals surface area contributed by atoms with Crippen molar-refractivity contribution in [2.24, 2.45) is 0 Å². The molecular formula is C12H17Cl. The molecule has 0 N–H and O–H groups in total. The molecule has 0 bridgehead atoms. The van der Waals surface area contributed by atoms with Gasteiger partial charge in [-0.3, -0.25) is 0 Å². The van der Waals surface area contributed by atoms with E-state index in [0.29, 0.717) is 0 Å². The zero-order valence-electron chi connectivity index (χ0n) is 8.44. The fraction of sp³-hybridized carbons (Fsp3) is 0.500. The van der Waals surface area contributed by atoms with Gasteiger partial charge < -0.3 is 0 Å². The van der Waals surface area contributed by atoms with Crippen LogP contribution in [0.2, 0.25) is 0 Å². The van der Waals surface area contributed by atoms with Crippen LogP contribution >= 0.6 is 11.6 Å². The average Bonchev–Trinajstić information content (AvgIpc) is 2.10. The van der Waals surface area contributed by atoms with E-state index in [1.807, 2.05) is 0 Å². The molecule has 0 aliphatic rings. The number of hydrogen-bond acceptors (Lipinski definition) is 0. The lowest BCUT2D eigenvalue weighted by molar-refractivity contribution is 0.791. The normalized spacial score (nSPS) is 10.4. The minimum Gasteiger partial charge on any atom is -0.127 e. The maximum atomic E-state index is 5.65. The number of unbranched alkanes of at least 4 members (excludes halogenated alkanes) is 1. The van der Waals surface area contributed by atoms with E-state index in [9.17, 15) is 0 Å². The third kappa shape index (κ3) is 3.04. The van der Waals surface area contributed by atoms with E-state index in [2.05, 4.69) is 32.0 Å². The molecule has 0 amide bonds. The largest absolute Gasteiger partial charge is 0.127 e. The van der Waals surface area contributed by atoms with Gasteiger partial charge >= 0.3 is 0 Å². The minimum absolute atomic E-state index is 0.783. The van der Waals surface area contributed by atoms with Crippen LogP contribution in [0, 0.1) is 13.8 Å². The highest BCUT2D eigenvalue weighted by molar-refractivity contribution is 6.17. The van der Waals surface area contributed by atoms with Crippen LogP contribution in [0.25, 0.3) is 0 Å². The van der Waals surface area contributed by atoms with Crippen molar-refractivity contribution in [2.45, 2.75) is 33.1 Å². The second-order valence-electron chi connectivity index (χ2n) is 3.52. The fourth-order valence-corrected chi connectivity index (χ4v) is 1.83. The Morgan fingerprint density at radius 2 is 1.69 bits per heavy atom. The lowest BCUT2D eigenvalue weighted by atomic mass is 9.98. The molecule has 0 aliphatic heterocycles. The zero-order valence-corrected chi connectivity index (χ0v) is 9.19. The van der Waals surface area contributed by atoms with E-state index in [1.54, 1.807) is 0 Å².